The molecule has 2 aromatic carbocycles. The Morgan fingerprint density at radius 2 is 1.73 bits per heavy atom. The zero-order valence-corrected chi connectivity index (χ0v) is 24.8. The second kappa shape index (κ2) is 12.6. The monoisotopic (exact) mass is 586 g/mol. The van der Waals surface area contributed by atoms with E-state index in [0.29, 0.717) is 48.8 Å². The number of aromatic nitrogens is 3. The fraction of sp³-hybridized carbons (Fsp3) is 0.257. The van der Waals surface area contributed by atoms with E-state index in [1.807, 2.05) is 85.6 Å². The SMILES string of the molecule is Cc1nc2c(C)ncc(C3CCN(C(=O)C=C(c4ccccc4)c4ccc(N=NC5=CCCC(C(=O)O)=C5)cc4)CC3)c2[nH]1. The van der Waals surface area contributed by atoms with Crippen LogP contribution in [0.2, 0.25) is 0 Å². The number of benzene rings is 2. The number of carbonyl (C=O) groups excluding carboxylic acids is 1. The third-order valence-corrected chi connectivity index (χ3v) is 8.27. The van der Waals surface area contributed by atoms with Crippen molar-refractivity contribution in [2.45, 2.75) is 45.4 Å². The zero-order valence-electron chi connectivity index (χ0n) is 24.8. The molecule has 2 N–H and O–H groups in total. The van der Waals surface area contributed by atoms with Crippen LogP contribution in [0.15, 0.2) is 101 Å². The topological polar surface area (TPSA) is 124 Å². The molecule has 0 spiro atoms. The lowest BCUT2D eigenvalue weighted by atomic mass is 9.89. The molecule has 1 aliphatic carbocycles. The van der Waals surface area contributed by atoms with E-state index < -0.39 is 5.97 Å². The fourth-order valence-electron chi connectivity index (χ4n) is 5.89. The molecule has 0 unspecified atom stereocenters. The van der Waals surface area contributed by atoms with Gasteiger partial charge in [0.2, 0.25) is 5.91 Å². The van der Waals surface area contributed by atoms with Crippen molar-refractivity contribution in [3.05, 3.63) is 119 Å². The van der Waals surface area contributed by atoms with Crippen LogP contribution in [0, 0.1) is 13.8 Å². The van der Waals surface area contributed by atoms with E-state index >= 15 is 0 Å². The highest BCUT2D eigenvalue weighted by Gasteiger charge is 2.26. The number of nitrogens with one attached hydrogen (secondary N) is 1. The van der Waals surface area contributed by atoms with Crippen LogP contribution in [0.3, 0.4) is 0 Å². The van der Waals surface area contributed by atoms with Crippen molar-refractivity contribution < 1.29 is 14.7 Å². The predicted octanol–water partition coefficient (Wildman–Crippen LogP) is 7.19. The molecule has 0 atom stereocenters. The first-order valence-electron chi connectivity index (χ1n) is 14.9. The summed E-state index contributed by atoms with van der Waals surface area (Å²) in [6, 6.07) is 17.5. The molecular formula is C35H34N6O3. The average molecular weight is 587 g/mol. The number of amides is 1. The largest absolute Gasteiger partial charge is 0.478 e. The van der Waals surface area contributed by atoms with E-state index in [4.69, 9.17) is 0 Å². The number of aliphatic carboxylic acids is 1. The van der Waals surface area contributed by atoms with Crippen LogP contribution in [0.1, 0.15) is 59.8 Å². The maximum absolute atomic E-state index is 13.6. The molecule has 0 bridgehead atoms. The molecule has 2 aromatic heterocycles. The average Bonchev–Trinajstić information content (AvgIpc) is 3.46. The summed E-state index contributed by atoms with van der Waals surface area (Å²) in [4.78, 5) is 39.5. The Bertz CT molecular complexity index is 1830. The predicted molar refractivity (Wildman–Crippen MR) is 169 cm³/mol. The van der Waals surface area contributed by atoms with E-state index in [0.717, 1.165) is 52.1 Å². The highest BCUT2D eigenvalue weighted by Crippen LogP contribution is 2.33. The number of likely N-dealkylation sites (tertiary alicyclic amines) is 1. The number of carbonyl (C=O) groups is 2. The lowest BCUT2D eigenvalue weighted by molar-refractivity contribution is -0.132. The summed E-state index contributed by atoms with van der Waals surface area (Å²) in [7, 11) is 0. The molecule has 0 saturated carbocycles. The van der Waals surface area contributed by atoms with Crippen molar-refractivity contribution in [3.63, 3.8) is 0 Å². The number of pyridine rings is 1. The number of piperidine rings is 1. The number of azo groups is 1. The first-order chi connectivity index (χ1) is 21.4. The van der Waals surface area contributed by atoms with Gasteiger partial charge in [-0.2, -0.15) is 10.2 Å². The van der Waals surface area contributed by atoms with Crippen molar-refractivity contribution in [3.8, 4) is 0 Å². The smallest absolute Gasteiger partial charge is 0.331 e. The molecule has 1 fully saturated rings. The number of aryl methyl sites for hydroxylation is 2. The van der Waals surface area contributed by atoms with Crippen LogP contribution in [0.25, 0.3) is 16.6 Å². The minimum atomic E-state index is -0.927. The van der Waals surface area contributed by atoms with Crippen LogP contribution in [-0.4, -0.2) is 49.9 Å². The fourth-order valence-corrected chi connectivity index (χ4v) is 5.89. The van der Waals surface area contributed by atoms with Crippen molar-refractivity contribution in [2.24, 2.45) is 10.2 Å². The molecule has 1 saturated heterocycles. The van der Waals surface area contributed by atoms with E-state index in [1.165, 1.54) is 5.56 Å². The van der Waals surface area contributed by atoms with Crippen molar-refractivity contribution in [1.82, 2.24) is 19.9 Å². The van der Waals surface area contributed by atoms with E-state index in [-0.39, 0.29) is 5.91 Å². The lowest BCUT2D eigenvalue weighted by Crippen LogP contribution is -2.37. The molecule has 2 aliphatic rings. The van der Waals surface area contributed by atoms with Crippen LogP contribution in [0.5, 0.6) is 0 Å². The summed E-state index contributed by atoms with van der Waals surface area (Å²) in [5.74, 6) is 0.251. The second-order valence-electron chi connectivity index (χ2n) is 11.3. The van der Waals surface area contributed by atoms with Gasteiger partial charge in [-0.1, -0.05) is 48.5 Å². The second-order valence-corrected chi connectivity index (χ2v) is 11.3. The molecule has 3 heterocycles. The quantitative estimate of drug-likeness (QED) is 0.175. The number of H-pyrrole nitrogens is 1. The number of allylic oxidation sites excluding steroid dienone is 2. The van der Waals surface area contributed by atoms with Gasteiger partial charge in [0.15, 0.2) is 0 Å². The van der Waals surface area contributed by atoms with Gasteiger partial charge in [0.05, 0.1) is 22.6 Å². The first kappa shape index (κ1) is 28.9. The number of hydrogen-bond donors (Lipinski definition) is 2. The van der Waals surface area contributed by atoms with Gasteiger partial charge in [-0.15, -0.1) is 0 Å². The third-order valence-electron chi connectivity index (χ3n) is 8.27. The minimum absolute atomic E-state index is 0.0131. The summed E-state index contributed by atoms with van der Waals surface area (Å²) < 4.78 is 0. The summed E-state index contributed by atoms with van der Waals surface area (Å²) in [5, 5.41) is 17.8. The van der Waals surface area contributed by atoms with Gasteiger partial charge < -0.3 is 15.0 Å². The number of fused-ring (bicyclic) bond motifs is 1. The van der Waals surface area contributed by atoms with Gasteiger partial charge in [0.25, 0.3) is 0 Å². The van der Waals surface area contributed by atoms with Crippen molar-refractivity contribution in [1.29, 1.82) is 0 Å². The Labute approximate surface area is 255 Å². The molecular weight excluding hydrogens is 552 g/mol. The molecule has 0 radical (unpaired) electrons. The molecule has 9 nitrogen and oxygen atoms in total. The Hall–Kier alpha value is -5.18. The Morgan fingerprint density at radius 3 is 2.45 bits per heavy atom. The van der Waals surface area contributed by atoms with Gasteiger partial charge in [-0.3, -0.25) is 9.78 Å². The van der Waals surface area contributed by atoms with Crippen LogP contribution >= 0.6 is 0 Å². The zero-order chi connectivity index (χ0) is 30.6. The molecule has 222 valence electrons. The summed E-state index contributed by atoms with van der Waals surface area (Å²) in [5.41, 5.74) is 8.28. The Kier molecular flexibility index (Phi) is 8.27. The van der Waals surface area contributed by atoms with Gasteiger partial charge in [-0.05, 0) is 85.9 Å². The number of carboxylic acids is 1. The molecule has 1 amide bonds. The number of nitrogens with zero attached hydrogens (tertiary/aromatic N) is 5. The number of rotatable bonds is 7. The number of carboxylic acid groups (broad SMARTS) is 1. The summed E-state index contributed by atoms with van der Waals surface area (Å²) in [6.07, 6.45) is 9.97. The summed E-state index contributed by atoms with van der Waals surface area (Å²) >= 11 is 0. The van der Waals surface area contributed by atoms with Gasteiger partial charge >= 0.3 is 5.97 Å². The lowest BCUT2D eigenvalue weighted by Gasteiger charge is -2.32. The standard InChI is InChI=1S/C35H34N6O3/c1-22-33-34(38-23(2)37-33)31(21-36-22)26-15-17-41(18-16-26)32(42)20-30(24-7-4-3-5-8-24)25-11-13-28(14-12-25)39-40-29-10-6-9-27(19-29)35(43)44/h3-5,7-8,10-14,19-21,26H,6,9,15-18H2,1-2H3,(H,37,38)(H,43,44). The summed E-state index contributed by atoms with van der Waals surface area (Å²) in [6.45, 7) is 5.27. The van der Waals surface area contributed by atoms with Crippen LogP contribution in [0.4, 0.5) is 5.69 Å². The van der Waals surface area contributed by atoms with E-state index in [2.05, 4.69) is 25.2 Å². The highest BCUT2D eigenvalue weighted by atomic mass is 16.4. The van der Waals surface area contributed by atoms with Gasteiger partial charge in [-0.25, -0.2) is 9.78 Å². The van der Waals surface area contributed by atoms with Crippen molar-refractivity contribution >= 4 is 34.2 Å². The van der Waals surface area contributed by atoms with E-state index in [1.54, 1.807) is 12.2 Å². The normalized spacial score (nSPS) is 16.3. The molecule has 9 heteroatoms. The van der Waals surface area contributed by atoms with E-state index in [9.17, 15) is 14.7 Å². The van der Waals surface area contributed by atoms with Crippen LogP contribution in [-0.2, 0) is 9.59 Å². The maximum Gasteiger partial charge on any atom is 0.331 e. The maximum atomic E-state index is 13.6. The number of hydrogen-bond acceptors (Lipinski definition) is 6. The first-order valence-corrected chi connectivity index (χ1v) is 14.9. The van der Waals surface area contributed by atoms with Crippen molar-refractivity contribution in [2.75, 3.05) is 13.1 Å². The third kappa shape index (κ3) is 6.27. The number of aromatic amines is 1. The molecule has 1 aliphatic heterocycles. The number of imidazole rings is 1. The minimum Gasteiger partial charge on any atom is -0.478 e. The Morgan fingerprint density at radius 1 is 1.00 bits per heavy atom. The Balaban J connectivity index is 1.18. The highest BCUT2D eigenvalue weighted by molar-refractivity contribution is 5.99. The van der Waals surface area contributed by atoms with Crippen LogP contribution < -0.4 is 0 Å². The molecule has 6 rings (SSSR count). The van der Waals surface area contributed by atoms with Gasteiger partial charge in [0, 0.05) is 30.9 Å². The molecule has 44 heavy (non-hydrogen) atoms. The van der Waals surface area contributed by atoms with Gasteiger partial charge in [0.1, 0.15) is 11.3 Å². The molecule has 4 aromatic rings.